The summed E-state index contributed by atoms with van der Waals surface area (Å²) < 4.78 is 0. The number of hydrogen-bond donors (Lipinski definition) is 3. The zero-order chi connectivity index (χ0) is 14.2. The zero-order valence-electron chi connectivity index (χ0n) is 11.2. The number of nitrogens with zero attached hydrogens (tertiary/aromatic N) is 2. The number of nitrogens with two attached hydrogens (primary N) is 1. The van der Waals surface area contributed by atoms with Gasteiger partial charge >= 0.3 is 5.97 Å². The van der Waals surface area contributed by atoms with Crippen LogP contribution in [0.4, 0.5) is 5.82 Å². The summed E-state index contributed by atoms with van der Waals surface area (Å²) in [5, 5.41) is 9.59. The summed E-state index contributed by atoms with van der Waals surface area (Å²) in [4.78, 5) is 23.4. The number of H-pyrrole nitrogens is 1. The highest BCUT2D eigenvalue weighted by Gasteiger charge is 2.40. The van der Waals surface area contributed by atoms with Gasteiger partial charge in [0.15, 0.2) is 5.65 Å². The molecule has 0 saturated heterocycles. The van der Waals surface area contributed by atoms with Gasteiger partial charge < -0.3 is 15.8 Å². The van der Waals surface area contributed by atoms with Crippen LogP contribution in [0.25, 0.3) is 11.2 Å². The summed E-state index contributed by atoms with van der Waals surface area (Å²) in [6.07, 6.45) is 4.92. The first-order chi connectivity index (χ1) is 9.59. The molecule has 0 radical (unpaired) electrons. The Labute approximate surface area is 116 Å². The van der Waals surface area contributed by atoms with E-state index in [4.69, 9.17) is 5.73 Å². The number of aromatic amines is 1. The molecule has 1 saturated carbocycles. The summed E-state index contributed by atoms with van der Waals surface area (Å²) in [7, 11) is 0. The fraction of sp³-hybridized carbons (Fsp3) is 0.500. The Morgan fingerprint density at radius 1 is 1.30 bits per heavy atom. The fourth-order valence-electron chi connectivity index (χ4n) is 3.06. The van der Waals surface area contributed by atoms with Gasteiger partial charge in [-0.25, -0.2) is 9.97 Å². The summed E-state index contributed by atoms with van der Waals surface area (Å²) in [6.45, 7) is 0. The lowest BCUT2D eigenvalue weighted by Crippen LogP contribution is -2.35. The molecule has 0 amide bonds. The van der Waals surface area contributed by atoms with E-state index in [2.05, 4.69) is 15.0 Å². The van der Waals surface area contributed by atoms with Crippen molar-refractivity contribution in [3.05, 3.63) is 18.0 Å². The third kappa shape index (κ3) is 2.21. The van der Waals surface area contributed by atoms with Crippen LogP contribution >= 0.6 is 0 Å². The molecule has 2 aromatic heterocycles. The third-order valence-electron chi connectivity index (χ3n) is 4.19. The SMILES string of the molecule is Nc1ccc2[nH]c(CC3(C(=O)O)CCCCC3)nc2n1. The highest BCUT2D eigenvalue weighted by Crippen LogP contribution is 2.39. The van der Waals surface area contributed by atoms with Crippen LogP contribution in [0, 0.1) is 5.41 Å². The molecule has 20 heavy (non-hydrogen) atoms. The number of hydrogen-bond acceptors (Lipinski definition) is 4. The average molecular weight is 274 g/mol. The van der Waals surface area contributed by atoms with E-state index in [0.29, 0.717) is 23.7 Å². The van der Waals surface area contributed by atoms with Crippen LogP contribution in [-0.2, 0) is 11.2 Å². The minimum atomic E-state index is -0.717. The molecule has 0 atom stereocenters. The maximum Gasteiger partial charge on any atom is 0.310 e. The Bertz CT molecular complexity index is 644. The van der Waals surface area contributed by atoms with Crippen molar-refractivity contribution >= 4 is 23.0 Å². The molecule has 0 unspecified atom stereocenters. The maximum absolute atomic E-state index is 11.7. The zero-order valence-corrected chi connectivity index (χ0v) is 11.2. The smallest absolute Gasteiger partial charge is 0.310 e. The van der Waals surface area contributed by atoms with Gasteiger partial charge in [0.1, 0.15) is 11.6 Å². The van der Waals surface area contributed by atoms with E-state index < -0.39 is 11.4 Å². The summed E-state index contributed by atoms with van der Waals surface area (Å²) in [5.41, 5.74) is 6.30. The number of fused-ring (bicyclic) bond motifs is 1. The molecule has 0 aliphatic heterocycles. The summed E-state index contributed by atoms with van der Waals surface area (Å²) >= 11 is 0. The number of nitrogen functional groups attached to an aromatic ring is 1. The van der Waals surface area contributed by atoms with Gasteiger partial charge in [-0.1, -0.05) is 19.3 Å². The number of aromatic nitrogens is 3. The Balaban J connectivity index is 1.92. The van der Waals surface area contributed by atoms with E-state index in [1.54, 1.807) is 6.07 Å². The number of nitrogens with one attached hydrogen (secondary N) is 1. The van der Waals surface area contributed by atoms with Gasteiger partial charge in [-0.15, -0.1) is 0 Å². The third-order valence-corrected chi connectivity index (χ3v) is 4.19. The quantitative estimate of drug-likeness (QED) is 0.795. The Morgan fingerprint density at radius 2 is 2.05 bits per heavy atom. The molecule has 3 rings (SSSR count). The molecule has 2 heterocycles. The standard InChI is InChI=1S/C14H18N4O2/c15-10-5-4-9-12(17-10)18-11(16-9)8-14(13(19)20)6-2-1-3-7-14/h4-5H,1-3,6-8H2,(H,19,20)(H3,15,16,17,18). The lowest BCUT2D eigenvalue weighted by molar-refractivity contribution is -0.151. The summed E-state index contributed by atoms with van der Waals surface area (Å²) in [6, 6.07) is 3.53. The number of imidazole rings is 1. The van der Waals surface area contributed by atoms with E-state index >= 15 is 0 Å². The van der Waals surface area contributed by atoms with Crippen LogP contribution < -0.4 is 5.73 Å². The van der Waals surface area contributed by atoms with Gasteiger partial charge in [0.25, 0.3) is 0 Å². The van der Waals surface area contributed by atoms with Crippen molar-refractivity contribution in [1.29, 1.82) is 0 Å². The Morgan fingerprint density at radius 3 is 2.75 bits per heavy atom. The van der Waals surface area contributed by atoms with Crippen LogP contribution in [0.15, 0.2) is 12.1 Å². The topological polar surface area (TPSA) is 105 Å². The van der Waals surface area contributed by atoms with E-state index in [0.717, 1.165) is 37.6 Å². The van der Waals surface area contributed by atoms with Gasteiger partial charge in [0.2, 0.25) is 0 Å². The van der Waals surface area contributed by atoms with Crippen molar-refractivity contribution in [2.45, 2.75) is 38.5 Å². The molecule has 106 valence electrons. The van der Waals surface area contributed by atoms with Crippen LogP contribution in [0.3, 0.4) is 0 Å². The van der Waals surface area contributed by atoms with Crippen molar-refractivity contribution in [2.24, 2.45) is 5.41 Å². The van der Waals surface area contributed by atoms with Gasteiger partial charge in [0, 0.05) is 6.42 Å². The van der Waals surface area contributed by atoms with E-state index in [-0.39, 0.29) is 0 Å². The first-order valence-corrected chi connectivity index (χ1v) is 6.94. The number of aliphatic carboxylic acids is 1. The number of anilines is 1. The minimum Gasteiger partial charge on any atom is -0.481 e. The number of rotatable bonds is 3. The molecule has 0 spiro atoms. The molecule has 6 heteroatoms. The maximum atomic E-state index is 11.7. The van der Waals surface area contributed by atoms with Gasteiger partial charge in [0.05, 0.1) is 10.9 Å². The Hall–Kier alpha value is -2.11. The largest absolute Gasteiger partial charge is 0.481 e. The molecule has 2 aromatic rings. The first-order valence-electron chi connectivity index (χ1n) is 6.94. The van der Waals surface area contributed by atoms with Crippen LogP contribution in [0.2, 0.25) is 0 Å². The van der Waals surface area contributed by atoms with E-state index in [1.807, 2.05) is 6.07 Å². The molecule has 0 aromatic carbocycles. The highest BCUT2D eigenvalue weighted by molar-refractivity contribution is 5.76. The second kappa shape index (κ2) is 4.77. The molecule has 1 fully saturated rings. The number of pyridine rings is 1. The molecular formula is C14H18N4O2. The number of carboxylic acids is 1. The van der Waals surface area contributed by atoms with Crippen molar-refractivity contribution < 1.29 is 9.90 Å². The van der Waals surface area contributed by atoms with Crippen LogP contribution in [0.5, 0.6) is 0 Å². The fourth-order valence-corrected chi connectivity index (χ4v) is 3.06. The van der Waals surface area contributed by atoms with Crippen LogP contribution in [-0.4, -0.2) is 26.0 Å². The minimum absolute atomic E-state index is 0.418. The normalized spacial score (nSPS) is 18.2. The highest BCUT2D eigenvalue weighted by atomic mass is 16.4. The lowest BCUT2D eigenvalue weighted by Gasteiger charge is -2.32. The van der Waals surface area contributed by atoms with Crippen molar-refractivity contribution in [3.63, 3.8) is 0 Å². The molecule has 6 nitrogen and oxygen atoms in total. The van der Waals surface area contributed by atoms with Gasteiger partial charge in [-0.2, -0.15) is 0 Å². The second-order valence-corrected chi connectivity index (χ2v) is 5.61. The number of carbonyl (C=O) groups is 1. The van der Waals surface area contributed by atoms with E-state index in [1.165, 1.54) is 0 Å². The Kier molecular flexibility index (Phi) is 3.08. The van der Waals surface area contributed by atoms with E-state index in [9.17, 15) is 9.90 Å². The monoisotopic (exact) mass is 274 g/mol. The molecule has 0 bridgehead atoms. The average Bonchev–Trinajstić information content (AvgIpc) is 2.80. The van der Waals surface area contributed by atoms with Gasteiger partial charge in [-0.3, -0.25) is 4.79 Å². The predicted molar refractivity (Wildman–Crippen MR) is 75.2 cm³/mol. The lowest BCUT2D eigenvalue weighted by atomic mass is 9.72. The molecular weight excluding hydrogens is 256 g/mol. The summed E-state index contributed by atoms with van der Waals surface area (Å²) in [5.74, 6) is 0.383. The molecule has 1 aliphatic rings. The predicted octanol–water partition coefficient (Wildman–Crippen LogP) is 2.12. The van der Waals surface area contributed by atoms with Crippen molar-refractivity contribution in [1.82, 2.24) is 15.0 Å². The van der Waals surface area contributed by atoms with Crippen molar-refractivity contribution in [3.8, 4) is 0 Å². The first kappa shape index (κ1) is 12.9. The second-order valence-electron chi connectivity index (χ2n) is 5.61. The van der Waals surface area contributed by atoms with Gasteiger partial charge in [-0.05, 0) is 25.0 Å². The molecule has 1 aliphatic carbocycles. The molecule has 4 N–H and O–H groups in total. The van der Waals surface area contributed by atoms with Crippen LogP contribution in [0.1, 0.15) is 37.9 Å². The van der Waals surface area contributed by atoms with Crippen molar-refractivity contribution in [2.75, 3.05) is 5.73 Å². The number of carboxylic acid groups (broad SMARTS) is 1.